The summed E-state index contributed by atoms with van der Waals surface area (Å²) in [6, 6.07) is 9.65. The first-order valence-electron chi connectivity index (χ1n) is 7.26. The standard InChI is InChI=1S/C16H15FN4O2S/c1-10(13-7-4-8-23-13)18-14(22)9-24-16-19-15(20-21-16)11-5-2-3-6-12(11)17/h2-8,10H,9H2,1H3,(H,18,22)(H,19,20,21). The lowest BCUT2D eigenvalue weighted by molar-refractivity contribution is -0.119. The number of nitrogens with zero attached hydrogens (tertiary/aromatic N) is 2. The Balaban J connectivity index is 1.56. The first-order chi connectivity index (χ1) is 11.6. The molecule has 1 unspecified atom stereocenters. The Labute approximate surface area is 141 Å². The van der Waals surface area contributed by atoms with Crippen LogP contribution in [-0.4, -0.2) is 26.8 Å². The highest BCUT2D eigenvalue weighted by atomic mass is 32.2. The van der Waals surface area contributed by atoms with Crippen LogP contribution in [0.1, 0.15) is 18.7 Å². The number of H-pyrrole nitrogens is 1. The summed E-state index contributed by atoms with van der Waals surface area (Å²) in [4.78, 5) is 16.2. The van der Waals surface area contributed by atoms with Gasteiger partial charge in [-0.05, 0) is 31.2 Å². The number of thioether (sulfide) groups is 1. The summed E-state index contributed by atoms with van der Waals surface area (Å²) in [5, 5.41) is 9.88. The Morgan fingerprint density at radius 2 is 2.21 bits per heavy atom. The fourth-order valence-electron chi connectivity index (χ4n) is 2.11. The lowest BCUT2D eigenvalue weighted by Gasteiger charge is -2.10. The van der Waals surface area contributed by atoms with Crippen molar-refractivity contribution in [3.63, 3.8) is 0 Å². The second kappa shape index (κ2) is 7.31. The van der Waals surface area contributed by atoms with Crippen LogP contribution in [0.4, 0.5) is 4.39 Å². The molecular formula is C16H15FN4O2S. The second-order valence-electron chi connectivity index (χ2n) is 5.04. The van der Waals surface area contributed by atoms with Gasteiger partial charge in [-0.25, -0.2) is 9.37 Å². The highest BCUT2D eigenvalue weighted by Crippen LogP contribution is 2.21. The molecule has 6 nitrogen and oxygen atoms in total. The van der Waals surface area contributed by atoms with E-state index in [4.69, 9.17) is 4.42 Å². The molecule has 1 amide bonds. The molecule has 1 atom stereocenters. The number of halogens is 1. The molecular weight excluding hydrogens is 331 g/mol. The number of carbonyl (C=O) groups is 1. The molecule has 0 aliphatic carbocycles. The number of carbonyl (C=O) groups excluding carboxylic acids is 1. The van der Waals surface area contributed by atoms with Crippen molar-refractivity contribution in [2.45, 2.75) is 18.1 Å². The fourth-order valence-corrected chi connectivity index (χ4v) is 2.72. The molecule has 0 aliphatic rings. The molecule has 0 bridgehead atoms. The van der Waals surface area contributed by atoms with E-state index < -0.39 is 0 Å². The molecule has 2 N–H and O–H groups in total. The number of hydrogen-bond donors (Lipinski definition) is 2. The summed E-state index contributed by atoms with van der Waals surface area (Å²) in [7, 11) is 0. The summed E-state index contributed by atoms with van der Waals surface area (Å²) in [6.07, 6.45) is 1.56. The van der Waals surface area contributed by atoms with Gasteiger partial charge in [0.15, 0.2) is 5.82 Å². The first kappa shape index (κ1) is 16.3. The van der Waals surface area contributed by atoms with Gasteiger partial charge in [0, 0.05) is 0 Å². The van der Waals surface area contributed by atoms with E-state index in [1.807, 2.05) is 6.92 Å². The predicted octanol–water partition coefficient (Wildman–Crippen LogP) is 3.17. The number of amides is 1. The van der Waals surface area contributed by atoms with E-state index in [0.29, 0.717) is 22.3 Å². The molecule has 3 aromatic rings. The lowest BCUT2D eigenvalue weighted by Crippen LogP contribution is -2.27. The third-order valence-electron chi connectivity index (χ3n) is 3.27. The van der Waals surface area contributed by atoms with Crippen LogP contribution in [0.15, 0.2) is 52.2 Å². The van der Waals surface area contributed by atoms with Gasteiger partial charge in [-0.2, -0.15) is 0 Å². The number of aromatic nitrogens is 3. The van der Waals surface area contributed by atoms with Crippen molar-refractivity contribution in [2.75, 3.05) is 5.75 Å². The minimum absolute atomic E-state index is 0.152. The number of rotatable bonds is 6. The Hall–Kier alpha value is -2.61. The van der Waals surface area contributed by atoms with E-state index in [-0.39, 0.29) is 23.5 Å². The molecule has 0 spiro atoms. The maximum absolute atomic E-state index is 13.7. The Bertz CT molecular complexity index is 819. The summed E-state index contributed by atoms with van der Waals surface area (Å²) < 4.78 is 18.9. The average Bonchev–Trinajstić information content (AvgIpc) is 3.25. The molecule has 0 aliphatic heterocycles. The van der Waals surface area contributed by atoms with Gasteiger partial charge < -0.3 is 9.73 Å². The average molecular weight is 346 g/mol. The van der Waals surface area contributed by atoms with Crippen LogP contribution in [0, 0.1) is 5.82 Å². The summed E-state index contributed by atoms with van der Waals surface area (Å²) >= 11 is 1.17. The van der Waals surface area contributed by atoms with Gasteiger partial charge in [0.1, 0.15) is 11.6 Å². The van der Waals surface area contributed by atoms with Crippen LogP contribution in [0.5, 0.6) is 0 Å². The Kier molecular flexibility index (Phi) is 4.95. The fraction of sp³-hybridized carbons (Fsp3) is 0.188. The third-order valence-corrected chi connectivity index (χ3v) is 4.12. The molecule has 0 radical (unpaired) electrons. The number of aromatic amines is 1. The number of furan rings is 1. The first-order valence-corrected chi connectivity index (χ1v) is 8.25. The maximum atomic E-state index is 13.7. The number of benzene rings is 1. The molecule has 24 heavy (non-hydrogen) atoms. The van der Waals surface area contributed by atoms with E-state index in [1.165, 1.54) is 17.8 Å². The van der Waals surface area contributed by atoms with Crippen molar-refractivity contribution in [1.29, 1.82) is 0 Å². The van der Waals surface area contributed by atoms with Crippen molar-refractivity contribution < 1.29 is 13.6 Å². The van der Waals surface area contributed by atoms with Crippen molar-refractivity contribution in [2.24, 2.45) is 0 Å². The van der Waals surface area contributed by atoms with Crippen LogP contribution < -0.4 is 5.32 Å². The third kappa shape index (κ3) is 3.83. The maximum Gasteiger partial charge on any atom is 0.231 e. The highest BCUT2D eigenvalue weighted by Gasteiger charge is 2.14. The largest absolute Gasteiger partial charge is 0.467 e. The minimum atomic E-state index is -0.379. The van der Waals surface area contributed by atoms with Gasteiger partial charge in [-0.15, -0.1) is 5.10 Å². The monoisotopic (exact) mass is 346 g/mol. The lowest BCUT2D eigenvalue weighted by atomic mass is 10.2. The van der Waals surface area contributed by atoms with E-state index >= 15 is 0 Å². The van der Waals surface area contributed by atoms with Crippen LogP contribution in [0.2, 0.25) is 0 Å². The molecule has 124 valence electrons. The Morgan fingerprint density at radius 1 is 1.38 bits per heavy atom. The molecule has 0 fully saturated rings. The summed E-state index contributed by atoms with van der Waals surface area (Å²) in [5.74, 6) is 0.629. The zero-order valence-electron chi connectivity index (χ0n) is 12.8. The SMILES string of the molecule is CC(NC(=O)CSc1n[nH]c(-c2ccccc2F)n1)c1ccco1. The zero-order valence-corrected chi connectivity index (χ0v) is 13.6. The van der Waals surface area contributed by atoms with E-state index in [0.717, 1.165) is 0 Å². The zero-order chi connectivity index (χ0) is 16.9. The van der Waals surface area contributed by atoms with Gasteiger partial charge in [0.05, 0.1) is 23.6 Å². The van der Waals surface area contributed by atoms with Crippen molar-refractivity contribution in [3.8, 4) is 11.4 Å². The van der Waals surface area contributed by atoms with Gasteiger partial charge in [0.2, 0.25) is 11.1 Å². The predicted molar refractivity (Wildman–Crippen MR) is 87.8 cm³/mol. The van der Waals surface area contributed by atoms with Crippen LogP contribution >= 0.6 is 11.8 Å². The topological polar surface area (TPSA) is 83.8 Å². The van der Waals surface area contributed by atoms with E-state index in [9.17, 15) is 9.18 Å². The van der Waals surface area contributed by atoms with E-state index in [2.05, 4.69) is 20.5 Å². The minimum Gasteiger partial charge on any atom is -0.467 e. The second-order valence-corrected chi connectivity index (χ2v) is 5.98. The molecule has 0 saturated heterocycles. The van der Waals surface area contributed by atoms with E-state index in [1.54, 1.807) is 36.6 Å². The summed E-state index contributed by atoms with van der Waals surface area (Å²) in [6.45, 7) is 1.84. The molecule has 2 heterocycles. The van der Waals surface area contributed by atoms with Gasteiger partial charge in [0.25, 0.3) is 0 Å². The highest BCUT2D eigenvalue weighted by molar-refractivity contribution is 7.99. The molecule has 3 rings (SSSR count). The normalized spacial score (nSPS) is 12.1. The molecule has 8 heteroatoms. The molecule has 1 aromatic carbocycles. The van der Waals surface area contributed by atoms with Crippen LogP contribution in [0.3, 0.4) is 0 Å². The summed E-state index contributed by atoms with van der Waals surface area (Å²) in [5.41, 5.74) is 0.341. The van der Waals surface area contributed by atoms with Crippen molar-refractivity contribution in [3.05, 3.63) is 54.2 Å². The van der Waals surface area contributed by atoms with Crippen LogP contribution in [-0.2, 0) is 4.79 Å². The molecule has 0 saturated carbocycles. The van der Waals surface area contributed by atoms with Gasteiger partial charge in [-0.1, -0.05) is 23.9 Å². The van der Waals surface area contributed by atoms with Crippen LogP contribution in [0.25, 0.3) is 11.4 Å². The van der Waals surface area contributed by atoms with Gasteiger partial charge >= 0.3 is 0 Å². The smallest absolute Gasteiger partial charge is 0.231 e. The molecule has 2 aromatic heterocycles. The number of hydrogen-bond acceptors (Lipinski definition) is 5. The van der Waals surface area contributed by atoms with Gasteiger partial charge in [-0.3, -0.25) is 9.89 Å². The number of nitrogens with one attached hydrogen (secondary N) is 2. The quantitative estimate of drug-likeness (QED) is 0.670. The van der Waals surface area contributed by atoms with Crippen molar-refractivity contribution in [1.82, 2.24) is 20.5 Å². The van der Waals surface area contributed by atoms with Crippen molar-refractivity contribution >= 4 is 17.7 Å². The Morgan fingerprint density at radius 3 is 2.96 bits per heavy atom.